The van der Waals surface area contributed by atoms with Crippen LogP contribution in [0.3, 0.4) is 0 Å². The van der Waals surface area contributed by atoms with E-state index >= 15 is 0 Å². The van der Waals surface area contributed by atoms with Crippen LogP contribution in [0.25, 0.3) is 0 Å². The highest BCUT2D eigenvalue weighted by Gasteiger charge is 2.18. The molecule has 0 aromatic rings. The van der Waals surface area contributed by atoms with Crippen LogP contribution in [0.4, 0.5) is 0 Å². The van der Waals surface area contributed by atoms with E-state index in [9.17, 15) is 19.2 Å². The monoisotopic (exact) mass is 751 g/mol. The van der Waals surface area contributed by atoms with E-state index in [0.29, 0.717) is 51.6 Å². The Labute approximate surface area is 317 Å². The molecule has 0 aliphatic rings. The molecule has 0 saturated carbocycles. The predicted molar refractivity (Wildman–Crippen MR) is 214 cm³/mol. The number of nitrogens with one attached hydrogen (secondary N) is 3. The molecule has 0 amide bonds. The number of carbonyl (C=O) groups is 4. The van der Waals surface area contributed by atoms with Crippen LogP contribution in [0.2, 0.25) is 0 Å². The van der Waals surface area contributed by atoms with Crippen molar-refractivity contribution in [1.82, 2.24) is 16.0 Å². The number of carboxylic acid groups (broad SMARTS) is 3. The molecule has 312 valence electrons. The van der Waals surface area contributed by atoms with Gasteiger partial charge in [0.25, 0.3) is 0 Å². The van der Waals surface area contributed by atoms with E-state index in [-0.39, 0.29) is 35.8 Å². The number of nitrogens with two attached hydrogens (primary N) is 1. The van der Waals surface area contributed by atoms with Gasteiger partial charge in [-0.25, -0.2) is 0 Å². The Kier molecular flexibility index (Phi) is 43.4. The molecule has 0 heterocycles. The molecule has 0 rings (SSSR count). The van der Waals surface area contributed by atoms with E-state index < -0.39 is 17.9 Å². The minimum absolute atomic E-state index is 0.0787. The van der Waals surface area contributed by atoms with Crippen molar-refractivity contribution in [2.75, 3.05) is 59.2 Å². The summed E-state index contributed by atoms with van der Waals surface area (Å²) in [6.07, 6.45) is 7.59. The molecule has 0 aromatic carbocycles. The van der Waals surface area contributed by atoms with Crippen molar-refractivity contribution in [2.24, 2.45) is 17.1 Å². The number of ether oxygens (including phenoxy) is 2. The van der Waals surface area contributed by atoms with Gasteiger partial charge in [0.15, 0.2) is 0 Å². The summed E-state index contributed by atoms with van der Waals surface area (Å²) in [5.41, 5.74) is 5.20. The summed E-state index contributed by atoms with van der Waals surface area (Å²) in [7, 11) is 0. The molecule has 0 aliphatic carbocycles. The number of ketones is 1. The molecule has 52 heavy (non-hydrogen) atoms. The van der Waals surface area contributed by atoms with Crippen LogP contribution in [-0.2, 0) is 28.7 Å². The van der Waals surface area contributed by atoms with Crippen molar-refractivity contribution in [3.8, 4) is 0 Å². The maximum absolute atomic E-state index is 10.8. The van der Waals surface area contributed by atoms with Gasteiger partial charge in [-0.05, 0) is 86.4 Å². The molecule has 0 aliphatic heterocycles. The van der Waals surface area contributed by atoms with Crippen molar-refractivity contribution >= 4 is 23.7 Å². The molecule has 0 saturated heterocycles. The minimum Gasteiger partial charge on any atom is -0.481 e. The molecule has 13 nitrogen and oxygen atoms in total. The highest BCUT2D eigenvalue weighted by Crippen LogP contribution is 2.15. The quantitative estimate of drug-likeness (QED) is 0.0490. The fourth-order valence-corrected chi connectivity index (χ4v) is 2.97. The maximum Gasteiger partial charge on any atom is 0.305 e. The molecule has 0 spiro atoms. The second-order valence-electron chi connectivity index (χ2n) is 15.7. The number of rotatable bonds is 22. The van der Waals surface area contributed by atoms with Crippen molar-refractivity contribution in [3.05, 3.63) is 12.2 Å². The van der Waals surface area contributed by atoms with E-state index in [1.807, 2.05) is 33.8 Å². The molecular formula is C39H82N4O9. The molecule has 0 bridgehead atoms. The number of hydrogen-bond donors (Lipinski definition) is 7. The fraction of sp³-hybridized carbons (Fsp3) is 0.846. The lowest BCUT2D eigenvalue weighted by Gasteiger charge is -2.20. The smallest absolute Gasteiger partial charge is 0.305 e. The van der Waals surface area contributed by atoms with Crippen LogP contribution in [-0.4, -0.2) is 109 Å². The van der Waals surface area contributed by atoms with Crippen molar-refractivity contribution in [2.45, 2.75) is 146 Å². The van der Waals surface area contributed by atoms with Gasteiger partial charge in [0.05, 0.1) is 39.3 Å². The third-order valence-corrected chi connectivity index (χ3v) is 5.63. The van der Waals surface area contributed by atoms with Crippen molar-refractivity contribution in [3.63, 3.8) is 0 Å². The van der Waals surface area contributed by atoms with Crippen LogP contribution in [0.15, 0.2) is 12.2 Å². The van der Waals surface area contributed by atoms with Gasteiger partial charge in [-0.2, -0.15) is 0 Å². The molecular weight excluding hydrogens is 668 g/mol. The molecule has 8 N–H and O–H groups in total. The average Bonchev–Trinajstić information content (AvgIpc) is 2.98. The van der Waals surface area contributed by atoms with Crippen molar-refractivity contribution in [1.29, 1.82) is 0 Å². The number of carboxylic acids is 3. The lowest BCUT2D eigenvalue weighted by molar-refractivity contribution is -0.139. The summed E-state index contributed by atoms with van der Waals surface area (Å²) < 4.78 is 10.3. The summed E-state index contributed by atoms with van der Waals surface area (Å²) in [5.74, 6) is -1.24. The zero-order chi connectivity index (χ0) is 41.7. The second kappa shape index (κ2) is 38.3. The summed E-state index contributed by atoms with van der Waals surface area (Å²) in [6, 6.07) is 0. The Hall–Kier alpha value is -2.42. The highest BCUT2D eigenvalue weighted by molar-refractivity contribution is 5.83. The lowest BCUT2D eigenvalue weighted by Crippen LogP contribution is -2.37. The minimum atomic E-state index is -0.815. The number of Topliss-reactive ketones (excluding diaryl/α,β-unsaturated/α-hetero) is 1. The Morgan fingerprint density at radius 3 is 1.46 bits per heavy atom. The van der Waals surface area contributed by atoms with Crippen LogP contribution >= 0.6 is 0 Å². The Balaban J connectivity index is -0.000000193. The van der Waals surface area contributed by atoms with Gasteiger partial charge in [0, 0.05) is 42.4 Å². The van der Waals surface area contributed by atoms with Gasteiger partial charge < -0.3 is 46.5 Å². The second-order valence-corrected chi connectivity index (χ2v) is 15.7. The normalized spacial score (nSPS) is 11.2. The maximum atomic E-state index is 10.8. The van der Waals surface area contributed by atoms with Gasteiger partial charge in [-0.3, -0.25) is 19.2 Å². The number of aliphatic carboxylic acids is 3. The Morgan fingerprint density at radius 2 is 1.12 bits per heavy atom. The van der Waals surface area contributed by atoms with Gasteiger partial charge in [0.1, 0.15) is 5.78 Å². The summed E-state index contributed by atoms with van der Waals surface area (Å²) in [4.78, 5) is 40.9. The topological polar surface area (TPSA) is 210 Å². The third-order valence-electron chi connectivity index (χ3n) is 5.63. The standard InChI is InChI=1S/C12H26N2O3.C12H23NO3.C7H14O.C4H9NO2.C4H10/c1-12(2,3)14-7-4-6-13-8-10-17-9-5-11(15)16;1-12(2,3)13-8-5-4-6-9-16-10-7-11(14)15;1-5-6(8)7(2,3)4;5-3-1-2-4(6)7;1-4(2)3/h13-14H,4-10H2,1-3H3,(H,15,16);4-5,13H,6-10H2,1-3H3,(H,14,15);5H2,1-4H3;1-3,5H2,(H,6,7);4H,1-3H3. The summed E-state index contributed by atoms with van der Waals surface area (Å²) in [5, 5.41) is 34.7. The predicted octanol–water partition coefficient (Wildman–Crippen LogP) is 6.14. The first-order valence-electron chi connectivity index (χ1n) is 18.7. The molecule has 0 unspecified atom stereocenters. The molecule has 0 atom stereocenters. The highest BCUT2D eigenvalue weighted by atomic mass is 16.5. The van der Waals surface area contributed by atoms with Gasteiger partial charge >= 0.3 is 17.9 Å². The first kappa shape index (κ1) is 58.9. The van der Waals surface area contributed by atoms with Crippen LogP contribution in [0.1, 0.15) is 135 Å². The van der Waals surface area contributed by atoms with E-state index in [4.69, 9.17) is 30.5 Å². The van der Waals surface area contributed by atoms with Gasteiger partial charge in [0.2, 0.25) is 0 Å². The number of carbonyl (C=O) groups excluding carboxylic acids is 1. The zero-order valence-electron chi connectivity index (χ0n) is 35.4. The molecule has 0 aromatic heterocycles. The van der Waals surface area contributed by atoms with E-state index in [1.165, 1.54) is 0 Å². The largest absolute Gasteiger partial charge is 0.481 e. The lowest BCUT2D eigenvalue weighted by atomic mass is 9.90. The first-order chi connectivity index (χ1) is 23.8. The number of hydrogen-bond acceptors (Lipinski definition) is 10. The van der Waals surface area contributed by atoms with Gasteiger partial charge in [-0.15, -0.1) is 0 Å². The van der Waals surface area contributed by atoms with E-state index in [1.54, 1.807) is 0 Å². The molecule has 0 fully saturated rings. The first-order valence-corrected chi connectivity index (χ1v) is 18.7. The Bertz CT molecular complexity index is 874. The molecule has 13 heteroatoms. The summed E-state index contributed by atoms with van der Waals surface area (Å²) >= 11 is 0. The SMILES string of the molecule is CC(C)(C)NCC=CCCOCCC(=O)O.CC(C)(C)NCCCNCCOCCC(=O)O.CC(C)C.CCC(=O)C(C)(C)C.NCCCC(=O)O. The summed E-state index contributed by atoms with van der Waals surface area (Å²) in [6.45, 7) is 32.8. The average molecular weight is 751 g/mol. The molecule has 0 radical (unpaired) electrons. The van der Waals surface area contributed by atoms with E-state index in [0.717, 1.165) is 44.9 Å². The van der Waals surface area contributed by atoms with Crippen molar-refractivity contribution < 1.29 is 44.0 Å². The fourth-order valence-electron chi connectivity index (χ4n) is 2.97. The Morgan fingerprint density at radius 1 is 0.654 bits per heavy atom. The third kappa shape index (κ3) is 77.2. The van der Waals surface area contributed by atoms with Crippen LogP contribution in [0.5, 0.6) is 0 Å². The zero-order valence-corrected chi connectivity index (χ0v) is 35.4. The van der Waals surface area contributed by atoms with Crippen LogP contribution in [0, 0.1) is 11.3 Å². The van der Waals surface area contributed by atoms with Gasteiger partial charge in [-0.1, -0.05) is 60.6 Å². The van der Waals surface area contributed by atoms with E-state index in [2.05, 4.69) is 84.3 Å². The van der Waals surface area contributed by atoms with Crippen LogP contribution < -0.4 is 21.7 Å².